The number of nitrogens with zero attached hydrogens (tertiary/aromatic N) is 2. The van der Waals surface area contributed by atoms with Crippen molar-refractivity contribution in [3.8, 4) is 11.1 Å². The van der Waals surface area contributed by atoms with Crippen LogP contribution in [0.2, 0.25) is 0 Å². The second kappa shape index (κ2) is 9.57. The van der Waals surface area contributed by atoms with Gasteiger partial charge < -0.3 is 4.74 Å². The van der Waals surface area contributed by atoms with Crippen LogP contribution in [-0.4, -0.2) is 50.4 Å². The standard InChI is InChI=1S/C28H36N3O4S/c1-7-31(6)26(24(27(32)35-8-2)25(29-31)20-15-16-20)21-17-13-19(14-18-21)22-11-9-10-12-23(22)36(33,34)30-28(3,4)5/h9-14,17-18,20,30H,7-8,15-16H2,1-6H3/q+1. The van der Waals surface area contributed by atoms with E-state index >= 15 is 0 Å². The molecule has 0 aromatic heterocycles. The Kier molecular flexibility index (Phi) is 6.98. The van der Waals surface area contributed by atoms with Crippen molar-refractivity contribution in [2.75, 3.05) is 20.2 Å². The van der Waals surface area contributed by atoms with Crippen LogP contribution < -0.4 is 4.72 Å². The maximum Gasteiger partial charge on any atom is 0.346 e. The molecule has 0 radical (unpaired) electrons. The molecule has 1 saturated carbocycles. The van der Waals surface area contributed by atoms with Crippen molar-refractivity contribution < 1.29 is 22.5 Å². The van der Waals surface area contributed by atoms with E-state index in [0.29, 0.717) is 30.2 Å². The van der Waals surface area contributed by atoms with Gasteiger partial charge in [-0.2, -0.15) is 4.59 Å². The van der Waals surface area contributed by atoms with Crippen LogP contribution in [0.3, 0.4) is 0 Å². The highest BCUT2D eigenvalue weighted by Crippen LogP contribution is 2.44. The highest BCUT2D eigenvalue weighted by molar-refractivity contribution is 7.89. The van der Waals surface area contributed by atoms with Crippen molar-refractivity contribution >= 4 is 27.4 Å². The van der Waals surface area contributed by atoms with Gasteiger partial charge in [-0.25, -0.2) is 17.9 Å². The van der Waals surface area contributed by atoms with Crippen molar-refractivity contribution in [3.63, 3.8) is 0 Å². The van der Waals surface area contributed by atoms with Crippen LogP contribution in [0.15, 0.2) is 64.1 Å². The summed E-state index contributed by atoms with van der Waals surface area (Å²) < 4.78 is 34.7. The molecule has 4 rings (SSSR count). The highest BCUT2D eigenvalue weighted by Gasteiger charge is 2.48. The van der Waals surface area contributed by atoms with Gasteiger partial charge in [0.25, 0.3) is 0 Å². The molecule has 0 bridgehead atoms. The fourth-order valence-electron chi connectivity index (χ4n) is 4.60. The Labute approximate surface area is 214 Å². The molecule has 1 heterocycles. The van der Waals surface area contributed by atoms with E-state index in [1.807, 2.05) is 71.1 Å². The molecule has 1 atom stereocenters. The van der Waals surface area contributed by atoms with Crippen LogP contribution in [-0.2, 0) is 19.6 Å². The van der Waals surface area contributed by atoms with Crippen LogP contribution in [0.5, 0.6) is 0 Å². The third-order valence-electron chi connectivity index (χ3n) is 6.45. The maximum atomic E-state index is 13.1. The normalized spacial score (nSPS) is 20.4. The monoisotopic (exact) mass is 510 g/mol. The van der Waals surface area contributed by atoms with Gasteiger partial charge in [0.2, 0.25) is 10.0 Å². The molecule has 2 aromatic rings. The largest absolute Gasteiger partial charge is 0.462 e. The summed E-state index contributed by atoms with van der Waals surface area (Å²) in [5, 5.41) is 5.00. The molecule has 36 heavy (non-hydrogen) atoms. The average Bonchev–Trinajstić information content (AvgIpc) is 3.61. The number of sulfonamides is 1. The first-order chi connectivity index (χ1) is 16.9. The number of benzene rings is 2. The molecule has 0 amide bonds. The van der Waals surface area contributed by atoms with Crippen molar-refractivity contribution in [3.05, 3.63) is 59.7 Å². The number of carbonyl (C=O) groups excluding carboxylic acids is 1. The maximum absolute atomic E-state index is 13.1. The minimum absolute atomic E-state index is 0.230. The van der Waals surface area contributed by atoms with Gasteiger partial charge in [-0.3, -0.25) is 0 Å². The number of carbonyl (C=O) groups is 1. The smallest absolute Gasteiger partial charge is 0.346 e. The Morgan fingerprint density at radius 3 is 2.22 bits per heavy atom. The zero-order valence-electron chi connectivity index (χ0n) is 22.0. The van der Waals surface area contributed by atoms with E-state index in [0.717, 1.165) is 35.4 Å². The fraction of sp³-hybridized carbons (Fsp3) is 0.429. The number of esters is 1. The third-order valence-corrected chi connectivity index (χ3v) is 8.27. The molecule has 1 fully saturated rings. The quantitative estimate of drug-likeness (QED) is 0.402. The molecule has 1 unspecified atom stereocenters. The number of rotatable bonds is 8. The molecule has 192 valence electrons. The molecule has 1 aliphatic heterocycles. The number of hydrogen-bond acceptors (Lipinski definition) is 5. The lowest BCUT2D eigenvalue weighted by Gasteiger charge is -2.25. The first kappa shape index (κ1) is 26.3. The van der Waals surface area contributed by atoms with E-state index in [4.69, 9.17) is 9.84 Å². The highest BCUT2D eigenvalue weighted by atomic mass is 32.2. The number of quaternary nitrogens is 1. The van der Waals surface area contributed by atoms with E-state index in [1.165, 1.54) is 0 Å². The molecule has 1 N–H and O–H groups in total. The molecular formula is C28H36N3O4S+. The van der Waals surface area contributed by atoms with Gasteiger partial charge in [-0.15, -0.1) is 0 Å². The van der Waals surface area contributed by atoms with Gasteiger partial charge in [-0.05, 0) is 71.2 Å². The van der Waals surface area contributed by atoms with Gasteiger partial charge in [0, 0.05) is 22.6 Å². The molecule has 8 heteroatoms. The molecule has 0 spiro atoms. The van der Waals surface area contributed by atoms with E-state index < -0.39 is 15.6 Å². The summed E-state index contributed by atoms with van der Waals surface area (Å²) in [6.45, 7) is 10.3. The number of nitrogens with one attached hydrogen (secondary N) is 1. The molecular weight excluding hydrogens is 474 g/mol. The predicted octanol–water partition coefficient (Wildman–Crippen LogP) is 4.95. The summed E-state index contributed by atoms with van der Waals surface area (Å²) in [5.41, 5.74) is 3.93. The summed E-state index contributed by atoms with van der Waals surface area (Å²) in [6.07, 6.45) is 2.07. The lowest BCUT2D eigenvalue weighted by atomic mass is 9.97. The summed E-state index contributed by atoms with van der Waals surface area (Å²) in [6, 6.07) is 14.7. The second-order valence-electron chi connectivity index (χ2n) is 10.6. The Bertz CT molecular complexity index is 1330. The number of hydrogen-bond donors (Lipinski definition) is 1. The molecule has 1 aliphatic carbocycles. The summed E-state index contributed by atoms with van der Waals surface area (Å²) in [5.74, 6) is -0.0280. The SMILES string of the molecule is CCOC(=O)C1=C(c2ccc(-c3ccccc3S(=O)(=O)NC(C)(C)C)cc2)[N+](C)(CC)N=C1C1CC1. The Balaban J connectivity index is 1.79. The molecule has 2 aliphatic rings. The van der Waals surface area contributed by atoms with Crippen LogP contribution in [0.25, 0.3) is 16.8 Å². The van der Waals surface area contributed by atoms with Gasteiger partial charge in [-0.1, -0.05) is 35.4 Å². The van der Waals surface area contributed by atoms with E-state index in [-0.39, 0.29) is 15.5 Å². The Hall–Kier alpha value is -2.81. The average molecular weight is 511 g/mol. The van der Waals surface area contributed by atoms with Crippen molar-refractivity contribution in [2.24, 2.45) is 11.0 Å². The lowest BCUT2D eigenvalue weighted by molar-refractivity contribution is -0.842. The van der Waals surface area contributed by atoms with Crippen molar-refractivity contribution in [2.45, 2.75) is 57.9 Å². The summed E-state index contributed by atoms with van der Waals surface area (Å²) in [4.78, 5) is 13.3. The van der Waals surface area contributed by atoms with E-state index in [2.05, 4.69) is 11.6 Å². The van der Waals surface area contributed by atoms with E-state index in [1.54, 1.807) is 12.1 Å². The second-order valence-corrected chi connectivity index (χ2v) is 12.2. The first-order valence-electron chi connectivity index (χ1n) is 12.5. The zero-order valence-corrected chi connectivity index (χ0v) is 22.8. The van der Waals surface area contributed by atoms with Crippen LogP contribution in [0.1, 0.15) is 53.0 Å². The third kappa shape index (κ3) is 5.16. The topological polar surface area (TPSA) is 84.8 Å². The van der Waals surface area contributed by atoms with Gasteiger partial charge in [0.15, 0.2) is 11.3 Å². The first-order valence-corrected chi connectivity index (χ1v) is 14.0. The molecule has 0 saturated heterocycles. The molecule has 7 nitrogen and oxygen atoms in total. The van der Waals surface area contributed by atoms with Crippen LogP contribution in [0.4, 0.5) is 0 Å². The Morgan fingerprint density at radius 1 is 1.06 bits per heavy atom. The zero-order chi connectivity index (χ0) is 26.3. The van der Waals surface area contributed by atoms with Gasteiger partial charge >= 0.3 is 5.97 Å². The van der Waals surface area contributed by atoms with Crippen LogP contribution >= 0.6 is 0 Å². The van der Waals surface area contributed by atoms with Crippen molar-refractivity contribution in [1.82, 2.24) is 4.72 Å². The molecule has 2 aromatic carbocycles. The van der Waals surface area contributed by atoms with Gasteiger partial charge in [0.05, 0.1) is 18.6 Å². The minimum atomic E-state index is -3.72. The summed E-state index contributed by atoms with van der Waals surface area (Å²) in [7, 11) is -1.71. The minimum Gasteiger partial charge on any atom is -0.462 e. The fourth-order valence-corrected chi connectivity index (χ4v) is 6.25. The van der Waals surface area contributed by atoms with Crippen molar-refractivity contribution in [1.29, 1.82) is 0 Å². The lowest BCUT2D eigenvalue weighted by Crippen LogP contribution is -2.40. The van der Waals surface area contributed by atoms with Gasteiger partial charge in [0.1, 0.15) is 12.3 Å². The number of ether oxygens (including phenoxy) is 1. The predicted molar refractivity (Wildman–Crippen MR) is 142 cm³/mol. The van der Waals surface area contributed by atoms with E-state index in [9.17, 15) is 13.2 Å². The summed E-state index contributed by atoms with van der Waals surface area (Å²) >= 11 is 0. The van der Waals surface area contributed by atoms with Crippen LogP contribution in [0, 0.1) is 5.92 Å². The Morgan fingerprint density at radius 2 is 1.67 bits per heavy atom.